The molecule has 26 heavy (non-hydrogen) atoms. The number of anilines is 1. The Hall–Kier alpha value is -2.59. The van der Waals surface area contributed by atoms with E-state index in [4.69, 9.17) is 5.26 Å². The lowest BCUT2D eigenvalue weighted by molar-refractivity contribution is -0.137. The van der Waals surface area contributed by atoms with Crippen molar-refractivity contribution in [1.29, 1.82) is 5.26 Å². The highest BCUT2D eigenvalue weighted by molar-refractivity contribution is 5.40. The van der Waals surface area contributed by atoms with Crippen molar-refractivity contribution < 1.29 is 13.2 Å². The number of hydrogen-bond donors (Lipinski definition) is 1. The molecule has 1 saturated heterocycles. The molecule has 2 aromatic rings. The first kappa shape index (κ1) is 18.2. The number of aromatic nitrogens is 1. The smallest absolute Gasteiger partial charge is 0.357 e. The molecular formula is C19H19F3N4. The van der Waals surface area contributed by atoms with Crippen LogP contribution in [0.25, 0.3) is 0 Å². The maximum atomic E-state index is 12.6. The Labute approximate surface area is 150 Å². The highest BCUT2D eigenvalue weighted by atomic mass is 19.4. The van der Waals surface area contributed by atoms with Crippen LogP contribution in [-0.4, -0.2) is 24.1 Å². The second kappa shape index (κ2) is 7.75. The minimum atomic E-state index is -4.35. The molecule has 0 saturated carbocycles. The Kier molecular flexibility index (Phi) is 5.43. The summed E-state index contributed by atoms with van der Waals surface area (Å²) in [6.07, 6.45) is -1.66. The van der Waals surface area contributed by atoms with E-state index in [1.54, 1.807) is 12.1 Å². The maximum Gasteiger partial charge on any atom is 0.417 e. The first-order valence-corrected chi connectivity index (χ1v) is 8.46. The predicted molar refractivity (Wildman–Crippen MR) is 92.5 cm³/mol. The largest absolute Gasteiger partial charge is 0.417 e. The van der Waals surface area contributed by atoms with Gasteiger partial charge in [-0.25, -0.2) is 4.98 Å². The molecule has 1 aromatic heterocycles. The molecular weight excluding hydrogens is 341 g/mol. The molecule has 1 N–H and O–H groups in total. The number of piperidine rings is 1. The zero-order chi connectivity index (χ0) is 18.6. The zero-order valence-electron chi connectivity index (χ0n) is 14.1. The van der Waals surface area contributed by atoms with Gasteiger partial charge in [0.15, 0.2) is 0 Å². The van der Waals surface area contributed by atoms with E-state index in [1.807, 2.05) is 17.0 Å². The number of hydrogen-bond acceptors (Lipinski definition) is 4. The summed E-state index contributed by atoms with van der Waals surface area (Å²) in [4.78, 5) is 5.98. The predicted octanol–water partition coefficient (Wildman–Crippen LogP) is 3.73. The Balaban J connectivity index is 1.48. The molecule has 0 unspecified atom stereocenters. The first-order valence-electron chi connectivity index (χ1n) is 8.46. The normalized spacial score (nSPS) is 15.7. The van der Waals surface area contributed by atoms with Crippen molar-refractivity contribution in [3.05, 3.63) is 59.3 Å². The van der Waals surface area contributed by atoms with Crippen molar-refractivity contribution in [2.45, 2.75) is 31.6 Å². The van der Waals surface area contributed by atoms with Crippen LogP contribution in [0.4, 0.5) is 19.0 Å². The highest BCUT2D eigenvalue weighted by Gasteiger charge is 2.31. The molecule has 1 fully saturated rings. The molecule has 2 heterocycles. The second-order valence-electron chi connectivity index (χ2n) is 6.35. The molecule has 1 aromatic carbocycles. The molecule has 0 amide bonds. The fraction of sp³-hybridized carbons (Fsp3) is 0.368. The van der Waals surface area contributed by atoms with Crippen LogP contribution < -0.4 is 10.2 Å². The number of pyridine rings is 1. The van der Waals surface area contributed by atoms with Gasteiger partial charge in [0.05, 0.1) is 17.2 Å². The van der Waals surface area contributed by atoms with Gasteiger partial charge in [-0.15, -0.1) is 0 Å². The highest BCUT2D eigenvalue weighted by Crippen LogP contribution is 2.29. The molecule has 7 heteroatoms. The summed E-state index contributed by atoms with van der Waals surface area (Å²) in [6, 6.07) is 12.5. The quantitative estimate of drug-likeness (QED) is 0.903. The van der Waals surface area contributed by atoms with Gasteiger partial charge in [-0.05, 0) is 42.7 Å². The lowest BCUT2D eigenvalue weighted by Crippen LogP contribution is -2.42. The van der Waals surface area contributed by atoms with Crippen LogP contribution in [0.3, 0.4) is 0 Å². The number of nitrogens with zero attached hydrogens (tertiary/aromatic N) is 3. The minimum Gasteiger partial charge on any atom is -0.357 e. The van der Waals surface area contributed by atoms with Crippen molar-refractivity contribution in [2.24, 2.45) is 0 Å². The van der Waals surface area contributed by atoms with Gasteiger partial charge in [0.25, 0.3) is 0 Å². The zero-order valence-corrected chi connectivity index (χ0v) is 14.1. The Bertz CT molecular complexity index is 755. The number of halogens is 3. The lowest BCUT2D eigenvalue weighted by atomic mass is 10.0. The lowest BCUT2D eigenvalue weighted by Gasteiger charge is -2.33. The van der Waals surface area contributed by atoms with Crippen LogP contribution in [-0.2, 0) is 12.7 Å². The van der Waals surface area contributed by atoms with Gasteiger partial charge in [0, 0.05) is 31.9 Å². The standard InChI is InChI=1S/C19H19F3N4/c20-19(21,22)16-5-6-18(25-13-16)26-9-7-17(8-10-26)24-12-15-3-1-14(11-23)2-4-15/h1-6,13,17,24H,7-10,12H2. The summed E-state index contributed by atoms with van der Waals surface area (Å²) in [5.74, 6) is 0.587. The van der Waals surface area contributed by atoms with Crippen molar-refractivity contribution in [1.82, 2.24) is 10.3 Å². The van der Waals surface area contributed by atoms with Gasteiger partial charge in [-0.3, -0.25) is 0 Å². The van der Waals surface area contributed by atoms with Gasteiger partial charge in [-0.2, -0.15) is 18.4 Å². The summed E-state index contributed by atoms with van der Waals surface area (Å²) in [6.45, 7) is 2.24. The molecule has 0 bridgehead atoms. The molecule has 0 spiro atoms. The van der Waals surface area contributed by atoms with Crippen LogP contribution in [0.1, 0.15) is 29.5 Å². The number of alkyl halides is 3. The van der Waals surface area contributed by atoms with E-state index in [-0.39, 0.29) is 0 Å². The molecule has 0 aliphatic carbocycles. The third kappa shape index (κ3) is 4.52. The summed E-state index contributed by atoms with van der Waals surface area (Å²) in [5.41, 5.74) is 1.04. The van der Waals surface area contributed by atoms with Crippen LogP contribution in [0, 0.1) is 11.3 Å². The number of nitriles is 1. The van der Waals surface area contributed by atoms with Crippen LogP contribution >= 0.6 is 0 Å². The third-order valence-electron chi connectivity index (χ3n) is 4.57. The average molecular weight is 360 g/mol. The average Bonchev–Trinajstić information content (AvgIpc) is 2.66. The molecule has 1 aliphatic rings. The summed E-state index contributed by atoms with van der Waals surface area (Å²) in [5, 5.41) is 12.3. The van der Waals surface area contributed by atoms with Gasteiger partial charge in [0.1, 0.15) is 5.82 Å². The second-order valence-corrected chi connectivity index (χ2v) is 6.35. The molecule has 136 valence electrons. The summed E-state index contributed by atoms with van der Waals surface area (Å²) >= 11 is 0. The van der Waals surface area contributed by atoms with Gasteiger partial charge in [0.2, 0.25) is 0 Å². The maximum absolute atomic E-state index is 12.6. The number of rotatable bonds is 4. The monoisotopic (exact) mass is 360 g/mol. The Morgan fingerprint density at radius 3 is 2.35 bits per heavy atom. The van der Waals surface area contributed by atoms with Crippen molar-refractivity contribution in [2.75, 3.05) is 18.0 Å². The van der Waals surface area contributed by atoms with E-state index in [0.29, 0.717) is 17.4 Å². The summed E-state index contributed by atoms with van der Waals surface area (Å²) in [7, 11) is 0. The van der Waals surface area contributed by atoms with Crippen molar-refractivity contribution in [3.8, 4) is 6.07 Å². The molecule has 3 rings (SSSR count). The Morgan fingerprint density at radius 2 is 1.81 bits per heavy atom. The Morgan fingerprint density at radius 1 is 1.12 bits per heavy atom. The van der Waals surface area contributed by atoms with E-state index >= 15 is 0 Å². The van der Waals surface area contributed by atoms with E-state index in [9.17, 15) is 13.2 Å². The van der Waals surface area contributed by atoms with Crippen LogP contribution in [0.2, 0.25) is 0 Å². The van der Waals surface area contributed by atoms with Crippen molar-refractivity contribution >= 4 is 5.82 Å². The van der Waals surface area contributed by atoms with E-state index in [0.717, 1.165) is 50.3 Å². The van der Waals surface area contributed by atoms with Crippen LogP contribution in [0.5, 0.6) is 0 Å². The molecule has 4 nitrogen and oxygen atoms in total. The van der Waals surface area contributed by atoms with E-state index in [2.05, 4.69) is 16.4 Å². The molecule has 0 atom stereocenters. The fourth-order valence-electron chi connectivity index (χ4n) is 3.01. The minimum absolute atomic E-state index is 0.358. The topological polar surface area (TPSA) is 52.0 Å². The van der Waals surface area contributed by atoms with E-state index < -0.39 is 11.7 Å². The van der Waals surface area contributed by atoms with Crippen LogP contribution in [0.15, 0.2) is 42.6 Å². The number of nitrogens with one attached hydrogen (secondary N) is 1. The molecule has 0 radical (unpaired) electrons. The van der Waals surface area contributed by atoms with Gasteiger partial charge >= 0.3 is 6.18 Å². The van der Waals surface area contributed by atoms with Crippen molar-refractivity contribution in [3.63, 3.8) is 0 Å². The van der Waals surface area contributed by atoms with Gasteiger partial charge < -0.3 is 10.2 Å². The first-order chi connectivity index (χ1) is 12.5. The van der Waals surface area contributed by atoms with E-state index in [1.165, 1.54) is 6.07 Å². The number of benzene rings is 1. The fourth-order valence-corrected chi connectivity index (χ4v) is 3.01. The summed E-state index contributed by atoms with van der Waals surface area (Å²) < 4.78 is 37.8. The van der Waals surface area contributed by atoms with Gasteiger partial charge in [-0.1, -0.05) is 12.1 Å². The molecule has 1 aliphatic heterocycles. The third-order valence-corrected chi connectivity index (χ3v) is 4.57. The SMILES string of the molecule is N#Cc1ccc(CNC2CCN(c3ccc(C(F)(F)F)cn3)CC2)cc1.